The quantitative estimate of drug-likeness (QED) is 0.858. The summed E-state index contributed by atoms with van der Waals surface area (Å²) in [6.45, 7) is 2.17. The lowest BCUT2D eigenvalue weighted by molar-refractivity contribution is 1.01. The molecule has 0 amide bonds. The monoisotopic (exact) mass is 220 g/mol. The topological polar surface area (TPSA) is 28.7 Å². The van der Waals surface area contributed by atoms with Crippen LogP contribution in [0, 0.1) is 0 Å². The van der Waals surface area contributed by atoms with Crippen LogP contribution in [-0.2, 0) is 12.8 Å². The van der Waals surface area contributed by atoms with Gasteiger partial charge in [0, 0.05) is 12.2 Å². The Morgan fingerprint density at radius 2 is 2.27 bits per heavy atom. The summed E-state index contributed by atoms with van der Waals surface area (Å²) in [5.41, 5.74) is 3.62. The van der Waals surface area contributed by atoms with Crippen LogP contribution in [0.1, 0.15) is 18.3 Å². The SMILES string of the molecule is CCc1ccc2nc(CCSC)[nH]c2c1. The summed E-state index contributed by atoms with van der Waals surface area (Å²) in [7, 11) is 0. The number of imidazole rings is 1. The summed E-state index contributed by atoms with van der Waals surface area (Å²) in [6.07, 6.45) is 4.23. The van der Waals surface area contributed by atoms with Gasteiger partial charge in [0.2, 0.25) is 0 Å². The normalized spacial score (nSPS) is 11.1. The van der Waals surface area contributed by atoms with E-state index in [1.165, 1.54) is 11.1 Å². The van der Waals surface area contributed by atoms with Crippen molar-refractivity contribution in [3.8, 4) is 0 Å². The second kappa shape index (κ2) is 4.71. The molecule has 1 N–H and O–H groups in total. The Kier molecular flexibility index (Phi) is 3.31. The molecule has 0 aliphatic rings. The maximum atomic E-state index is 4.56. The molecule has 0 fully saturated rings. The lowest BCUT2D eigenvalue weighted by Gasteiger charge is -1.94. The van der Waals surface area contributed by atoms with E-state index in [-0.39, 0.29) is 0 Å². The molecule has 1 aromatic carbocycles. The number of hydrogen-bond donors (Lipinski definition) is 1. The van der Waals surface area contributed by atoms with Gasteiger partial charge in [-0.25, -0.2) is 4.98 Å². The van der Waals surface area contributed by atoms with Crippen molar-refractivity contribution in [2.24, 2.45) is 0 Å². The second-order valence-electron chi connectivity index (χ2n) is 3.63. The van der Waals surface area contributed by atoms with Gasteiger partial charge in [-0.2, -0.15) is 11.8 Å². The zero-order valence-electron chi connectivity index (χ0n) is 9.21. The van der Waals surface area contributed by atoms with E-state index in [0.29, 0.717) is 0 Å². The smallest absolute Gasteiger partial charge is 0.108 e. The minimum absolute atomic E-state index is 1.03. The molecule has 0 unspecified atom stereocenters. The van der Waals surface area contributed by atoms with Crippen molar-refractivity contribution in [1.82, 2.24) is 9.97 Å². The van der Waals surface area contributed by atoms with Gasteiger partial charge < -0.3 is 4.98 Å². The first-order valence-electron chi connectivity index (χ1n) is 5.30. The van der Waals surface area contributed by atoms with Gasteiger partial charge in [0.05, 0.1) is 11.0 Å². The van der Waals surface area contributed by atoms with Gasteiger partial charge in [-0.15, -0.1) is 0 Å². The Balaban J connectivity index is 2.29. The average molecular weight is 220 g/mol. The van der Waals surface area contributed by atoms with Gasteiger partial charge in [-0.3, -0.25) is 0 Å². The predicted octanol–water partition coefficient (Wildman–Crippen LogP) is 3.03. The highest BCUT2D eigenvalue weighted by Gasteiger charge is 2.02. The first-order valence-corrected chi connectivity index (χ1v) is 6.69. The standard InChI is InChI=1S/C12H16N2S/c1-3-9-4-5-10-11(8-9)14-12(13-10)6-7-15-2/h4-5,8H,3,6-7H2,1-2H3,(H,13,14). The van der Waals surface area contributed by atoms with Gasteiger partial charge >= 0.3 is 0 Å². The molecular formula is C12H16N2S. The minimum atomic E-state index is 1.03. The molecule has 2 aromatic rings. The number of aromatic amines is 1. The number of rotatable bonds is 4. The van der Waals surface area contributed by atoms with Gasteiger partial charge in [0.15, 0.2) is 0 Å². The molecule has 2 rings (SSSR count). The average Bonchev–Trinajstić information content (AvgIpc) is 2.67. The van der Waals surface area contributed by atoms with Crippen LogP contribution in [-0.4, -0.2) is 22.0 Å². The van der Waals surface area contributed by atoms with E-state index in [2.05, 4.69) is 41.3 Å². The van der Waals surface area contributed by atoms with Crippen LogP contribution in [0.4, 0.5) is 0 Å². The van der Waals surface area contributed by atoms with E-state index in [1.54, 1.807) is 0 Å². The fourth-order valence-corrected chi connectivity index (χ4v) is 2.04. The fourth-order valence-electron chi connectivity index (χ4n) is 1.65. The van der Waals surface area contributed by atoms with Crippen LogP contribution in [0.3, 0.4) is 0 Å². The lowest BCUT2D eigenvalue weighted by Crippen LogP contribution is -1.89. The number of H-pyrrole nitrogens is 1. The molecule has 0 aliphatic carbocycles. The van der Waals surface area contributed by atoms with Crippen molar-refractivity contribution in [3.63, 3.8) is 0 Å². The third kappa shape index (κ3) is 2.34. The van der Waals surface area contributed by atoms with Crippen molar-refractivity contribution in [2.45, 2.75) is 19.8 Å². The highest BCUT2D eigenvalue weighted by atomic mass is 32.2. The second-order valence-corrected chi connectivity index (χ2v) is 4.62. The predicted molar refractivity (Wildman–Crippen MR) is 67.6 cm³/mol. The molecule has 2 nitrogen and oxygen atoms in total. The number of thioether (sulfide) groups is 1. The largest absolute Gasteiger partial charge is 0.342 e. The van der Waals surface area contributed by atoms with E-state index in [9.17, 15) is 0 Å². The number of nitrogens with zero attached hydrogens (tertiary/aromatic N) is 1. The van der Waals surface area contributed by atoms with Gasteiger partial charge in [-0.05, 0) is 30.4 Å². The molecule has 0 saturated carbocycles. The van der Waals surface area contributed by atoms with Crippen molar-refractivity contribution in [2.75, 3.05) is 12.0 Å². The number of fused-ring (bicyclic) bond motifs is 1. The molecule has 1 aromatic heterocycles. The Bertz CT molecular complexity index is 448. The summed E-state index contributed by atoms with van der Waals surface area (Å²) in [5, 5.41) is 0. The van der Waals surface area contributed by atoms with Crippen LogP contribution >= 0.6 is 11.8 Å². The highest BCUT2D eigenvalue weighted by Crippen LogP contribution is 2.15. The third-order valence-corrected chi connectivity index (χ3v) is 3.16. The minimum Gasteiger partial charge on any atom is -0.342 e. The van der Waals surface area contributed by atoms with Crippen molar-refractivity contribution in [3.05, 3.63) is 29.6 Å². The van der Waals surface area contributed by atoms with E-state index < -0.39 is 0 Å². The number of aromatic nitrogens is 2. The molecule has 15 heavy (non-hydrogen) atoms. The molecule has 0 aliphatic heterocycles. The van der Waals surface area contributed by atoms with Gasteiger partial charge in [0.25, 0.3) is 0 Å². The number of benzene rings is 1. The maximum Gasteiger partial charge on any atom is 0.108 e. The van der Waals surface area contributed by atoms with Crippen LogP contribution in [0.5, 0.6) is 0 Å². The Morgan fingerprint density at radius 1 is 1.40 bits per heavy atom. The Morgan fingerprint density at radius 3 is 3.00 bits per heavy atom. The summed E-state index contributed by atoms with van der Waals surface area (Å²) >= 11 is 1.85. The molecule has 0 saturated heterocycles. The zero-order valence-corrected chi connectivity index (χ0v) is 10.0. The first kappa shape index (κ1) is 10.6. The zero-order chi connectivity index (χ0) is 10.7. The van der Waals surface area contributed by atoms with E-state index >= 15 is 0 Å². The third-order valence-electron chi connectivity index (χ3n) is 2.55. The molecule has 0 bridgehead atoms. The molecule has 0 radical (unpaired) electrons. The molecule has 0 atom stereocenters. The first-order chi connectivity index (χ1) is 7.33. The van der Waals surface area contributed by atoms with E-state index in [1.807, 2.05) is 11.8 Å². The number of nitrogens with one attached hydrogen (secondary N) is 1. The van der Waals surface area contributed by atoms with E-state index in [0.717, 1.165) is 29.9 Å². The van der Waals surface area contributed by atoms with Gasteiger partial charge in [0.1, 0.15) is 5.82 Å². The Hall–Kier alpha value is -0.960. The van der Waals surface area contributed by atoms with Gasteiger partial charge in [-0.1, -0.05) is 13.0 Å². The number of hydrogen-bond acceptors (Lipinski definition) is 2. The molecule has 3 heteroatoms. The van der Waals surface area contributed by atoms with Crippen LogP contribution < -0.4 is 0 Å². The van der Waals surface area contributed by atoms with Crippen LogP contribution in [0.2, 0.25) is 0 Å². The maximum absolute atomic E-state index is 4.56. The number of aryl methyl sites for hydroxylation is 2. The molecule has 0 spiro atoms. The molecule has 80 valence electrons. The highest BCUT2D eigenvalue weighted by molar-refractivity contribution is 7.98. The van der Waals surface area contributed by atoms with E-state index in [4.69, 9.17) is 0 Å². The summed E-state index contributed by atoms with van der Waals surface area (Å²) in [6, 6.07) is 6.46. The Labute approximate surface area is 94.5 Å². The van der Waals surface area contributed by atoms with Crippen molar-refractivity contribution < 1.29 is 0 Å². The van der Waals surface area contributed by atoms with Crippen molar-refractivity contribution in [1.29, 1.82) is 0 Å². The summed E-state index contributed by atoms with van der Waals surface area (Å²) in [4.78, 5) is 7.94. The molecule has 1 heterocycles. The summed E-state index contributed by atoms with van der Waals surface area (Å²) in [5.74, 6) is 2.23. The lowest BCUT2D eigenvalue weighted by atomic mass is 10.1. The fraction of sp³-hybridized carbons (Fsp3) is 0.417. The summed E-state index contributed by atoms with van der Waals surface area (Å²) < 4.78 is 0. The van der Waals surface area contributed by atoms with Crippen molar-refractivity contribution >= 4 is 22.8 Å². The molecular weight excluding hydrogens is 204 g/mol. The van der Waals surface area contributed by atoms with Crippen LogP contribution in [0.15, 0.2) is 18.2 Å². The van der Waals surface area contributed by atoms with Crippen LogP contribution in [0.25, 0.3) is 11.0 Å².